The molecule has 1 heterocycles. The van der Waals surface area contributed by atoms with Crippen LogP contribution in [0.15, 0.2) is 77.3 Å². The van der Waals surface area contributed by atoms with Crippen LogP contribution in [0.4, 0.5) is 13.2 Å². The molecule has 0 radical (unpaired) electrons. The molecule has 2 amide bonds. The number of likely N-dealkylation sites (tertiary alicyclic amines) is 1. The predicted molar refractivity (Wildman–Crippen MR) is 187 cm³/mol. The fourth-order valence-corrected chi connectivity index (χ4v) is 5.64. The van der Waals surface area contributed by atoms with Crippen molar-refractivity contribution < 1.29 is 42.2 Å². The van der Waals surface area contributed by atoms with E-state index in [-0.39, 0.29) is 17.8 Å². The largest absolute Gasteiger partial charge is 0.490 e. The van der Waals surface area contributed by atoms with E-state index in [9.17, 15) is 27.6 Å². The summed E-state index contributed by atoms with van der Waals surface area (Å²) in [6.07, 6.45) is 0.484. The molecule has 3 aromatic rings. The number of hydrogen-bond donors (Lipinski definition) is 2. The second-order valence-electron chi connectivity index (χ2n) is 11.9. The first-order valence-electron chi connectivity index (χ1n) is 16.4. The lowest BCUT2D eigenvalue weighted by molar-refractivity contribution is -0.192. The number of nitrogens with zero attached hydrogens (tertiary/aromatic N) is 2. The van der Waals surface area contributed by atoms with E-state index in [4.69, 9.17) is 14.6 Å². The molecule has 0 spiro atoms. The van der Waals surface area contributed by atoms with E-state index in [0.29, 0.717) is 38.0 Å². The minimum absolute atomic E-state index is 0.0610. The number of halogens is 4. The summed E-state index contributed by atoms with van der Waals surface area (Å²) in [6, 6.07) is 23.7. The Balaban J connectivity index is 0.000000872. The van der Waals surface area contributed by atoms with Crippen molar-refractivity contribution in [3.05, 3.63) is 94.0 Å². The van der Waals surface area contributed by atoms with Gasteiger partial charge in [-0.1, -0.05) is 64.8 Å². The highest BCUT2D eigenvalue weighted by atomic mass is 79.9. The molecule has 1 saturated heterocycles. The van der Waals surface area contributed by atoms with E-state index < -0.39 is 12.1 Å². The summed E-state index contributed by atoms with van der Waals surface area (Å²) in [5, 5.41) is 10.2. The Morgan fingerprint density at radius 1 is 0.900 bits per heavy atom. The Kier molecular flexibility index (Phi) is 16.4. The molecule has 9 nitrogen and oxygen atoms in total. The molecule has 0 aliphatic carbocycles. The van der Waals surface area contributed by atoms with E-state index in [2.05, 4.69) is 32.2 Å². The van der Waals surface area contributed by atoms with Gasteiger partial charge in [0.1, 0.15) is 0 Å². The molecule has 1 fully saturated rings. The van der Waals surface area contributed by atoms with Gasteiger partial charge in [-0.25, -0.2) is 4.79 Å². The van der Waals surface area contributed by atoms with Crippen molar-refractivity contribution in [2.45, 2.75) is 57.7 Å². The van der Waals surface area contributed by atoms with Crippen LogP contribution in [0.2, 0.25) is 0 Å². The van der Waals surface area contributed by atoms with Crippen LogP contribution in [0.25, 0.3) is 11.1 Å². The van der Waals surface area contributed by atoms with E-state index in [1.54, 1.807) is 0 Å². The van der Waals surface area contributed by atoms with Gasteiger partial charge >= 0.3 is 18.1 Å². The molecule has 50 heavy (non-hydrogen) atoms. The van der Waals surface area contributed by atoms with Gasteiger partial charge in [-0.15, -0.1) is 0 Å². The predicted octanol–water partition coefficient (Wildman–Crippen LogP) is 6.88. The molecule has 0 aromatic heterocycles. The maximum atomic E-state index is 13.5. The Morgan fingerprint density at radius 3 is 2.18 bits per heavy atom. The number of carboxylic acid groups (broad SMARTS) is 1. The van der Waals surface area contributed by atoms with E-state index in [1.807, 2.05) is 71.6 Å². The van der Waals surface area contributed by atoms with Gasteiger partial charge in [-0.2, -0.15) is 13.2 Å². The minimum Gasteiger partial charge on any atom is -0.475 e. The lowest BCUT2D eigenvalue weighted by Crippen LogP contribution is -2.33. The number of carbonyl (C=O) groups is 4. The molecule has 1 aliphatic heterocycles. The number of methoxy groups -OCH3 is 1. The van der Waals surface area contributed by atoms with Gasteiger partial charge in [-0.3, -0.25) is 14.4 Å². The molecule has 270 valence electrons. The number of carbonyl (C=O) groups excluding carboxylic acids is 3. The van der Waals surface area contributed by atoms with Crippen molar-refractivity contribution in [3.8, 4) is 11.1 Å². The summed E-state index contributed by atoms with van der Waals surface area (Å²) in [5.74, 6) is -2.96. The third-order valence-corrected chi connectivity index (χ3v) is 8.60. The molecule has 0 atom stereocenters. The van der Waals surface area contributed by atoms with Gasteiger partial charge in [0.15, 0.2) is 0 Å². The first-order chi connectivity index (χ1) is 23.8. The topological polar surface area (TPSA) is 116 Å². The molecule has 2 N–H and O–H groups in total. The molecular weight excluding hydrogens is 719 g/mol. The lowest BCUT2D eigenvalue weighted by Gasteiger charge is -2.23. The van der Waals surface area contributed by atoms with Crippen LogP contribution in [0.1, 0.15) is 60.0 Å². The summed E-state index contributed by atoms with van der Waals surface area (Å²) in [7, 11) is 1.40. The number of benzene rings is 3. The van der Waals surface area contributed by atoms with Crippen LogP contribution < -0.4 is 5.32 Å². The maximum absolute atomic E-state index is 13.5. The van der Waals surface area contributed by atoms with Crippen LogP contribution in [0.5, 0.6) is 0 Å². The number of hydrogen-bond acceptors (Lipinski definition) is 6. The zero-order chi connectivity index (χ0) is 36.5. The normalized spacial score (nSPS) is 12.8. The Morgan fingerprint density at radius 2 is 1.54 bits per heavy atom. The maximum Gasteiger partial charge on any atom is 0.490 e. The summed E-state index contributed by atoms with van der Waals surface area (Å²) in [5.41, 5.74) is 4.60. The number of carboxylic acids is 1. The molecule has 0 unspecified atom stereocenters. The van der Waals surface area contributed by atoms with Gasteiger partial charge in [-0.05, 0) is 91.4 Å². The Labute approximate surface area is 298 Å². The summed E-state index contributed by atoms with van der Waals surface area (Å²) in [6.45, 7) is 4.85. The number of aliphatic carboxylic acids is 1. The highest BCUT2D eigenvalue weighted by molar-refractivity contribution is 9.10. The SMILES string of the molecule is COC(=O)CCCCCN(Cc1cccc(-c2cccc(C(=O)NCCN3CCCC3)c2)c1)C(=O)Cc1ccc(Br)cc1.O=C(O)C(F)(F)F. The number of esters is 1. The van der Waals surface area contributed by atoms with Gasteiger partial charge in [0, 0.05) is 42.6 Å². The van der Waals surface area contributed by atoms with Crippen molar-refractivity contribution in [2.75, 3.05) is 39.8 Å². The minimum atomic E-state index is -5.08. The number of nitrogens with one attached hydrogen (secondary N) is 1. The molecule has 4 rings (SSSR count). The zero-order valence-electron chi connectivity index (χ0n) is 28.0. The standard InChI is InChI=1S/C35H42BrN3O4.C2HF3O2/c1-43-34(41)13-3-2-4-21-39(33(40)24-27-14-16-32(36)17-15-27)26-28-9-7-10-29(23-28)30-11-8-12-31(25-30)35(42)37-18-22-38-19-5-6-20-38;3-2(4,5)1(6)7/h7-12,14-17,23,25H,2-6,13,18-22,24,26H2,1H3,(H,37,42);(H,6,7). The quantitative estimate of drug-likeness (QED) is 0.128. The van der Waals surface area contributed by atoms with Gasteiger partial charge < -0.3 is 25.0 Å². The highest BCUT2D eigenvalue weighted by Gasteiger charge is 2.38. The van der Waals surface area contributed by atoms with Crippen LogP contribution in [-0.2, 0) is 32.1 Å². The van der Waals surface area contributed by atoms with Crippen molar-refractivity contribution in [1.29, 1.82) is 0 Å². The van der Waals surface area contributed by atoms with Crippen LogP contribution in [-0.4, -0.2) is 84.7 Å². The number of alkyl halides is 3. The van der Waals surface area contributed by atoms with E-state index >= 15 is 0 Å². The molecule has 3 aromatic carbocycles. The number of rotatable bonds is 15. The summed E-state index contributed by atoms with van der Waals surface area (Å²) in [4.78, 5) is 51.0. The third kappa shape index (κ3) is 14.3. The molecule has 1 aliphatic rings. The zero-order valence-corrected chi connectivity index (χ0v) is 29.6. The number of amides is 2. The van der Waals surface area contributed by atoms with Crippen LogP contribution in [0, 0.1) is 0 Å². The van der Waals surface area contributed by atoms with Crippen molar-refractivity contribution >= 4 is 39.7 Å². The van der Waals surface area contributed by atoms with Crippen molar-refractivity contribution in [3.63, 3.8) is 0 Å². The summed E-state index contributed by atoms with van der Waals surface area (Å²) >= 11 is 3.46. The fourth-order valence-electron chi connectivity index (χ4n) is 5.38. The molecule has 13 heteroatoms. The lowest BCUT2D eigenvalue weighted by atomic mass is 10.0. The molecule has 0 bridgehead atoms. The second kappa shape index (κ2) is 20.4. The molecule has 0 saturated carbocycles. The van der Waals surface area contributed by atoms with E-state index in [1.165, 1.54) is 20.0 Å². The highest BCUT2D eigenvalue weighted by Crippen LogP contribution is 2.23. The van der Waals surface area contributed by atoms with E-state index in [0.717, 1.165) is 65.6 Å². The fraction of sp³-hybridized carbons (Fsp3) is 0.405. The second-order valence-corrected chi connectivity index (χ2v) is 12.8. The van der Waals surface area contributed by atoms with Crippen LogP contribution in [0.3, 0.4) is 0 Å². The van der Waals surface area contributed by atoms with Gasteiger partial charge in [0.05, 0.1) is 13.5 Å². The monoisotopic (exact) mass is 761 g/mol. The van der Waals surface area contributed by atoms with Crippen molar-refractivity contribution in [1.82, 2.24) is 15.1 Å². The van der Waals surface area contributed by atoms with Gasteiger partial charge in [0.25, 0.3) is 5.91 Å². The number of ether oxygens (including phenoxy) is 1. The first-order valence-corrected chi connectivity index (χ1v) is 17.2. The summed E-state index contributed by atoms with van der Waals surface area (Å²) < 4.78 is 37.5. The number of unbranched alkanes of at least 4 members (excludes halogenated alkanes) is 2. The van der Waals surface area contributed by atoms with Gasteiger partial charge in [0.2, 0.25) is 5.91 Å². The Bertz CT molecular complexity index is 1560. The smallest absolute Gasteiger partial charge is 0.475 e. The van der Waals surface area contributed by atoms with Crippen molar-refractivity contribution in [2.24, 2.45) is 0 Å². The first kappa shape index (κ1) is 40.2. The Hall–Kier alpha value is -4.23. The average molecular weight is 763 g/mol. The molecular formula is C37H43BrF3N3O6. The average Bonchev–Trinajstić information content (AvgIpc) is 3.62. The third-order valence-electron chi connectivity index (χ3n) is 8.07. The van der Waals surface area contributed by atoms with Crippen LogP contribution >= 0.6 is 15.9 Å².